The van der Waals surface area contributed by atoms with E-state index in [4.69, 9.17) is 37.0 Å². The standard InChI is InChI=1S/C77H150O17P2/c1-6-9-12-15-18-21-24-26-28-29-30-31-33-36-42-47-52-57-62-76(81)93-72(67-88-75(80)61-56-51-46-41-35-32-27-25-22-19-16-13-10-7-2)68-91-95(83,84)89-64-71(78)65-90-96(85,86)92-69-73(66-87-74(79)60-55-50-45-40-34-23-20-17-14-11-8-3)94-77(82)63-58-53-48-43-38-37-39-44-49-54-59-70(4)5/h70-73,78H,6-69H2,1-5H3,(H,83,84)(H,85,86)/t71-,72-,73-/m1/s1. The van der Waals surface area contributed by atoms with Crippen LogP contribution in [0.15, 0.2) is 0 Å². The number of esters is 4. The van der Waals surface area contributed by atoms with Crippen LogP contribution in [-0.2, 0) is 65.4 Å². The van der Waals surface area contributed by atoms with Crippen molar-refractivity contribution in [3.8, 4) is 0 Å². The molecule has 0 amide bonds. The predicted molar refractivity (Wildman–Crippen MR) is 391 cm³/mol. The number of ether oxygens (including phenoxy) is 4. The number of phosphoric ester groups is 2. The molecular weight excluding hydrogens is 1260 g/mol. The first-order valence-corrected chi connectivity index (χ1v) is 43.1. The van der Waals surface area contributed by atoms with E-state index >= 15 is 0 Å². The number of hydrogen-bond acceptors (Lipinski definition) is 15. The third kappa shape index (κ3) is 70.5. The maximum Gasteiger partial charge on any atom is 0.472 e. The second kappa shape index (κ2) is 70.1. The molecule has 19 heteroatoms. The molecule has 2 unspecified atom stereocenters. The van der Waals surface area contributed by atoms with Crippen LogP contribution < -0.4 is 0 Å². The first-order chi connectivity index (χ1) is 46.5. The van der Waals surface area contributed by atoms with Gasteiger partial charge in [-0.05, 0) is 31.6 Å². The fraction of sp³-hybridized carbons (Fsp3) is 0.948. The minimum Gasteiger partial charge on any atom is -0.462 e. The molecule has 570 valence electrons. The second-order valence-electron chi connectivity index (χ2n) is 28.2. The van der Waals surface area contributed by atoms with E-state index in [-0.39, 0.29) is 25.7 Å². The molecule has 3 N–H and O–H groups in total. The molecular formula is C77H150O17P2. The number of carbonyl (C=O) groups excluding carboxylic acids is 4. The molecule has 0 aromatic rings. The molecule has 96 heavy (non-hydrogen) atoms. The lowest BCUT2D eigenvalue weighted by molar-refractivity contribution is -0.161. The summed E-state index contributed by atoms with van der Waals surface area (Å²) in [5, 5.41) is 10.6. The van der Waals surface area contributed by atoms with Crippen LogP contribution in [0.4, 0.5) is 0 Å². The largest absolute Gasteiger partial charge is 0.472 e. The molecule has 0 spiro atoms. The Balaban J connectivity index is 5.24. The van der Waals surface area contributed by atoms with Crippen molar-refractivity contribution < 1.29 is 80.2 Å². The summed E-state index contributed by atoms with van der Waals surface area (Å²) in [5.74, 6) is -1.36. The van der Waals surface area contributed by atoms with Gasteiger partial charge in [0.05, 0.1) is 26.4 Å². The van der Waals surface area contributed by atoms with E-state index in [1.165, 1.54) is 231 Å². The highest BCUT2D eigenvalue weighted by Gasteiger charge is 2.30. The van der Waals surface area contributed by atoms with Gasteiger partial charge in [0.1, 0.15) is 19.3 Å². The number of carbonyl (C=O) groups is 4. The van der Waals surface area contributed by atoms with E-state index in [9.17, 15) is 43.2 Å². The quantitative estimate of drug-likeness (QED) is 0.0222. The van der Waals surface area contributed by atoms with Crippen LogP contribution >= 0.6 is 15.6 Å². The Bertz CT molecular complexity index is 1840. The van der Waals surface area contributed by atoms with Crippen molar-refractivity contribution in [2.45, 2.75) is 425 Å². The molecule has 0 saturated heterocycles. The Morgan fingerprint density at radius 3 is 0.708 bits per heavy atom. The van der Waals surface area contributed by atoms with Gasteiger partial charge in [0.25, 0.3) is 0 Å². The lowest BCUT2D eigenvalue weighted by Gasteiger charge is -2.21. The molecule has 0 aliphatic rings. The molecule has 0 rings (SSSR count). The molecule has 0 aliphatic carbocycles. The van der Waals surface area contributed by atoms with Gasteiger partial charge in [-0.15, -0.1) is 0 Å². The Kier molecular flexibility index (Phi) is 68.7. The van der Waals surface area contributed by atoms with E-state index < -0.39 is 97.5 Å². The maximum atomic E-state index is 13.1. The number of hydrogen-bond donors (Lipinski definition) is 3. The van der Waals surface area contributed by atoms with Crippen LogP contribution in [0, 0.1) is 5.92 Å². The van der Waals surface area contributed by atoms with Gasteiger partial charge in [-0.1, -0.05) is 356 Å². The highest BCUT2D eigenvalue weighted by atomic mass is 31.2. The van der Waals surface area contributed by atoms with Gasteiger partial charge >= 0.3 is 39.5 Å². The summed E-state index contributed by atoms with van der Waals surface area (Å²) >= 11 is 0. The molecule has 0 heterocycles. The van der Waals surface area contributed by atoms with Crippen molar-refractivity contribution in [3.63, 3.8) is 0 Å². The van der Waals surface area contributed by atoms with Gasteiger partial charge in [-0.25, -0.2) is 9.13 Å². The van der Waals surface area contributed by atoms with Crippen LogP contribution in [0.3, 0.4) is 0 Å². The van der Waals surface area contributed by atoms with Gasteiger partial charge in [-0.3, -0.25) is 37.3 Å². The number of phosphoric acid groups is 2. The molecule has 0 aromatic heterocycles. The summed E-state index contributed by atoms with van der Waals surface area (Å²) in [7, 11) is -9.91. The van der Waals surface area contributed by atoms with Crippen LogP contribution in [0.1, 0.15) is 407 Å². The second-order valence-corrected chi connectivity index (χ2v) is 31.1. The molecule has 5 atom stereocenters. The third-order valence-corrected chi connectivity index (χ3v) is 19.9. The molecule has 0 aliphatic heterocycles. The minimum absolute atomic E-state index is 0.107. The number of rotatable bonds is 77. The van der Waals surface area contributed by atoms with Crippen molar-refractivity contribution in [3.05, 3.63) is 0 Å². The molecule has 0 saturated carbocycles. The van der Waals surface area contributed by atoms with Gasteiger partial charge in [-0.2, -0.15) is 0 Å². The topological polar surface area (TPSA) is 237 Å². The fourth-order valence-electron chi connectivity index (χ4n) is 11.9. The Morgan fingerprint density at radius 1 is 0.281 bits per heavy atom. The van der Waals surface area contributed by atoms with Crippen molar-refractivity contribution in [1.29, 1.82) is 0 Å². The zero-order chi connectivity index (χ0) is 70.5. The normalized spacial score (nSPS) is 13.9. The Hall–Kier alpha value is -1.94. The average molecular weight is 1410 g/mol. The first kappa shape index (κ1) is 94.1. The highest BCUT2D eigenvalue weighted by Crippen LogP contribution is 2.45. The monoisotopic (exact) mass is 1410 g/mol. The Labute approximate surface area is 588 Å². The number of aliphatic hydroxyl groups is 1. The van der Waals surface area contributed by atoms with E-state index in [0.29, 0.717) is 25.7 Å². The zero-order valence-corrected chi connectivity index (χ0v) is 64.3. The zero-order valence-electron chi connectivity index (χ0n) is 62.5. The number of unbranched alkanes of at least 4 members (excludes halogenated alkanes) is 49. The van der Waals surface area contributed by atoms with E-state index in [1.807, 2.05) is 0 Å². The van der Waals surface area contributed by atoms with Crippen molar-refractivity contribution >= 4 is 39.5 Å². The Morgan fingerprint density at radius 2 is 0.479 bits per heavy atom. The molecule has 0 fully saturated rings. The molecule has 17 nitrogen and oxygen atoms in total. The third-order valence-electron chi connectivity index (χ3n) is 18.0. The van der Waals surface area contributed by atoms with Crippen molar-refractivity contribution in [1.82, 2.24) is 0 Å². The average Bonchev–Trinajstić information content (AvgIpc) is 1.27. The lowest BCUT2D eigenvalue weighted by Crippen LogP contribution is -2.30. The first-order valence-electron chi connectivity index (χ1n) is 40.1. The van der Waals surface area contributed by atoms with Crippen LogP contribution in [-0.4, -0.2) is 96.7 Å². The van der Waals surface area contributed by atoms with Gasteiger partial charge in [0, 0.05) is 25.7 Å². The molecule has 0 radical (unpaired) electrons. The summed E-state index contributed by atoms with van der Waals surface area (Å²) < 4.78 is 68.6. The van der Waals surface area contributed by atoms with Gasteiger partial charge in [0.2, 0.25) is 0 Å². The van der Waals surface area contributed by atoms with Gasteiger partial charge < -0.3 is 33.8 Å². The van der Waals surface area contributed by atoms with Crippen LogP contribution in [0.25, 0.3) is 0 Å². The highest BCUT2D eigenvalue weighted by molar-refractivity contribution is 7.47. The summed E-state index contributed by atoms with van der Waals surface area (Å²) in [6.07, 6.45) is 59.5. The predicted octanol–water partition coefficient (Wildman–Crippen LogP) is 22.9. The maximum absolute atomic E-state index is 13.1. The number of aliphatic hydroxyl groups excluding tert-OH is 1. The summed E-state index contributed by atoms with van der Waals surface area (Å²) in [6, 6.07) is 0. The van der Waals surface area contributed by atoms with E-state index in [0.717, 1.165) is 95.8 Å². The van der Waals surface area contributed by atoms with Crippen LogP contribution in [0.2, 0.25) is 0 Å². The van der Waals surface area contributed by atoms with E-state index in [1.54, 1.807) is 0 Å². The summed E-state index contributed by atoms with van der Waals surface area (Å²) in [6.45, 7) is 7.29. The SMILES string of the molecule is CCCCCCCCCCCCCCCCCCCCC(=O)O[C@H](COC(=O)CCCCCCCCCCCCCCCC)COP(=O)(O)OC[C@@H](O)COP(=O)(O)OC[C@@H](COC(=O)CCCCCCCCCCCCC)OC(=O)CCCCCCCCCCCCC(C)C. The smallest absolute Gasteiger partial charge is 0.462 e. The van der Waals surface area contributed by atoms with E-state index in [2.05, 4.69) is 34.6 Å². The van der Waals surface area contributed by atoms with Crippen molar-refractivity contribution in [2.24, 2.45) is 5.92 Å². The molecule has 0 bridgehead atoms. The molecule has 0 aromatic carbocycles. The fourth-order valence-corrected chi connectivity index (χ4v) is 13.5. The van der Waals surface area contributed by atoms with Crippen molar-refractivity contribution in [2.75, 3.05) is 39.6 Å². The van der Waals surface area contributed by atoms with Crippen LogP contribution in [0.5, 0.6) is 0 Å². The summed E-state index contributed by atoms with van der Waals surface area (Å²) in [4.78, 5) is 72.9. The lowest BCUT2D eigenvalue weighted by atomic mass is 10.0. The minimum atomic E-state index is -4.96. The summed E-state index contributed by atoms with van der Waals surface area (Å²) in [5.41, 5.74) is 0. The van der Waals surface area contributed by atoms with Gasteiger partial charge in [0.15, 0.2) is 12.2 Å².